The van der Waals surface area contributed by atoms with Crippen LogP contribution in [0.4, 0.5) is 5.69 Å². The average molecular weight is 397 g/mol. The van der Waals surface area contributed by atoms with E-state index in [1.165, 1.54) is 11.8 Å². The van der Waals surface area contributed by atoms with Crippen LogP contribution in [0.3, 0.4) is 0 Å². The third-order valence-electron chi connectivity index (χ3n) is 4.25. The van der Waals surface area contributed by atoms with Crippen molar-refractivity contribution in [3.63, 3.8) is 0 Å². The fraction of sp³-hybridized carbons (Fsp3) is 0.250. The van der Waals surface area contributed by atoms with Crippen LogP contribution in [0.1, 0.15) is 26.3 Å². The molecule has 0 radical (unpaired) electrons. The van der Waals surface area contributed by atoms with Gasteiger partial charge in [-0.1, -0.05) is 74.2 Å². The van der Waals surface area contributed by atoms with Crippen LogP contribution in [0.25, 0.3) is 15.2 Å². The lowest BCUT2D eigenvalue weighted by atomic mass is 9.86. The van der Waals surface area contributed by atoms with Crippen molar-refractivity contribution in [2.24, 2.45) is 0 Å². The molecule has 0 unspecified atom stereocenters. The number of rotatable bonds is 4. The van der Waals surface area contributed by atoms with Gasteiger partial charge in [0.2, 0.25) is 10.9 Å². The molecule has 0 spiro atoms. The SMILES string of the molecule is CC(C)(C)c1ccccc1NC(=O)CSc1nnc2sc3ccccc3n12. The summed E-state index contributed by atoms with van der Waals surface area (Å²) in [5, 5.41) is 12.3. The normalized spacial score (nSPS) is 12.0. The number of benzene rings is 2. The number of fused-ring (bicyclic) bond motifs is 3. The van der Waals surface area contributed by atoms with Gasteiger partial charge in [0.05, 0.1) is 16.0 Å². The van der Waals surface area contributed by atoms with Gasteiger partial charge < -0.3 is 5.32 Å². The van der Waals surface area contributed by atoms with Gasteiger partial charge >= 0.3 is 0 Å². The van der Waals surface area contributed by atoms with E-state index in [9.17, 15) is 4.79 Å². The van der Waals surface area contributed by atoms with Crippen LogP contribution in [0, 0.1) is 0 Å². The first-order valence-corrected chi connectivity index (χ1v) is 10.5. The second-order valence-corrected chi connectivity index (χ2v) is 9.25. The molecule has 4 rings (SSSR count). The molecule has 0 aliphatic carbocycles. The van der Waals surface area contributed by atoms with Gasteiger partial charge in [0.1, 0.15) is 0 Å². The number of anilines is 1. The van der Waals surface area contributed by atoms with E-state index in [0.29, 0.717) is 0 Å². The zero-order chi connectivity index (χ0) is 19.0. The summed E-state index contributed by atoms with van der Waals surface area (Å²) in [6, 6.07) is 16.1. The lowest BCUT2D eigenvalue weighted by molar-refractivity contribution is -0.113. The molecule has 27 heavy (non-hydrogen) atoms. The van der Waals surface area contributed by atoms with Crippen LogP contribution in [0.5, 0.6) is 0 Å². The molecule has 1 N–H and O–H groups in total. The third kappa shape index (κ3) is 3.57. The molecule has 1 amide bonds. The summed E-state index contributed by atoms with van der Waals surface area (Å²) in [6.45, 7) is 6.42. The zero-order valence-electron chi connectivity index (χ0n) is 15.4. The minimum Gasteiger partial charge on any atom is -0.325 e. The molecule has 0 bridgehead atoms. The first-order valence-electron chi connectivity index (χ1n) is 8.68. The Kier molecular flexibility index (Phi) is 4.65. The number of amides is 1. The number of nitrogens with zero attached hydrogens (tertiary/aromatic N) is 3. The van der Waals surface area contributed by atoms with Crippen LogP contribution in [-0.2, 0) is 10.2 Å². The van der Waals surface area contributed by atoms with Gasteiger partial charge in [-0.3, -0.25) is 9.20 Å². The highest BCUT2D eigenvalue weighted by molar-refractivity contribution is 7.99. The van der Waals surface area contributed by atoms with Crippen LogP contribution in [0.15, 0.2) is 53.7 Å². The smallest absolute Gasteiger partial charge is 0.234 e. The number of carbonyl (C=O) groups is 1. The number of aromatic nitrogens is 3. The Balaban J connectivity index is 1.52. The predicted molar refractivity (Wildman–Crippen MR) is 113 cm³/mol. The number of nitrogens with one attached hydrogen (secondary N) is 1. The van der Waals surface area contributed by atoms with Gasteiger partial charge in [-0.05, 0) is 29.2 Å². The van der Waals surface area contributed by atoms with Crippen molar-refractivity contribution in [1.29, 1.82) is 0 Å². The van der Waals surface area contributed by atoms with Gasteiger partial charge in [-0.2, -0.15) is 0 Å². The quantitative estimate of drug-likeness (QED) is 0.495. The van der Waals surface area contributed by atoms with Gasteiger partial charge in [0, 0.05) is 5.69 Å². The second-order valence-electron chi connectivity index (χ2n) is 7.30. The molecular formula is C20H20N4OS2. The van der Waals surface area contributed by atoms with Crippen LogP contribution < -0.4 is 5.32 Å². The lowest BCUT2D eigenvalue weighted by Crippen LogP contribution is -2.19. The largest absolute Gasteiger partial charge is 0.325 e. The number of thiazole rings is 1. The van der Waals surface area contributed by atoms with Crippen LogP contribution >= 0.6 is 23.1 Å². The molecule has 0 saturated heterocycles. The maximum absolute atomic E-state index is 12.5. The number of carbonyl (C=O) groups excluding carboxylic acids is 1. The van der Waals surface area contributed by atoms with Crippen molar-refractivity contribution in [3.05, 3.63) is 54.1 Å². The maximum Gasteiger partial charge on any atom is 0.234 e. The van der Waals surface area contributed by atoms with E-state index >= 15 is 0 Å². The fourth-order valence-electron chi connectivity index (χ4n) is 3.01. The molecule has 7 heteroatoms. The molecule has 2 aromatic heterocycles. The van der Waals surface area contributed by atoms with Gasteiger partial charge in [0.15, 0.2) is 5.16 Å². The molecular weight excluding hydrogens is 376 g/mol. The molecule has 0 aliphatic rings. The van der Waals surface area contributed by atoms with Gasteiger partial charge in [-0.25, -0.2) is 0 Å². The maximum atomic E-state index is 12.5. The molecule has 0 aliphatic heterocycles. The summed E-state index contributed by atoms with van der Waals surface area (Å²) in [5.74, 6) is 0.233. The zero-order valence-corrected chi connectivity index (χ0v) is 17.0. The van der Waals surface area contributed by atoms with Crippen molar-refractivity contribution >= 4 is 49.9 Å². The monoisotopic (exact) mass is 396 g/mol. The Morgan fingerprint density at radius 1 is 1.11 bits per heavy atom. The summed E-state index contributed by atoms with van der Waals surface area (Å²) in [6.07, 6.45) is 0. The lowest BCUT2D eigenvalue weighted by Gasteiger charge is -2.22. The highest BCUT2D eigenvalue weighted by Gasteiger charge is 2.19. The highest BCUT2D eigenvalue weighted by Crippen LogP contribution is 2.31. The Labute approximate surface area is 165 Å². The van der Waals surface area contributed by atoms with Crippen molar-refractivity contribution in [2.45, 2.75) is 31.3 Å². The number of hydrogen-bond donors (Lipinski definition) is 1. The van der Waals surface area contributed by atoms with E-state index in [1.807, 2.05) is 40.8 Å². The first-order chi connectivity index (χ1) is 12.9. The standard InChI is InChI=1S/C20H20N4OS2/c1-20(2,3)13-8-4-5-9-14(13)21-17(25)12-26-18-22-23-19-24(18)15-10-6-7-11-16(15)27-19/h4-11H,12H2,1-3H3,(H,21,25). The first kappa shape index (κ1) is 18.0. The van der Waals surface area contributed by atoms with Crippen molar-refractivity contribution in [3.8, 4) is 0 Å². The van der Waals surface area contributed by atoms with E-state index < -0.39 is 0 Å². The molecule has 0 saturated carbocycles. The average Bonchev–Trinajstić information content (AvgIpc) is 3.18. The van der Waals surface area contributed by atoms with E-state index in [1.54, 1.807) is 11.3 Å². The molecule has 0 atom stereocenters. The third-order valence-corrected chi connectivity index (χ3v) is 6.19. The number of thioether (sulfide) groups is 1. The number of para-hydroxylation sites is 2. The Bertz CT molecular complexity index is 1120. The van der Waals surface area contributed by atoms with E-state index in [-0.39, 0.29) is 17.1 Å². The van der Waals surface area contributed by atoms with E-state index in [4.69, 9.17) is 0 Å². The molecule has 138 valence electrons. The predicted octanol–water partition coefficient (Wildman–Crippen LogP) is 4.97. The molecule has 0 fully saturated rings. The Morgan fingerprint density at radius 3 is 2.67 bits per heavy atom. The molecule has 2 aromatic carbocycles. The van der Waals surface area contributed by atoms with Crippen molar-refractivity contribution < 1.29 is 4.79 Å². The second kappa shape index (κ2) is 6.98. The molecule has 4 aromatic rings. The fourth-order valence-corrected chi connectivity index (χ4v) is 4.78. The van der Waals surface area contributed by atoms with E-state index in [0.717, 1.165) is 31.6 Å². The Hall–Kier alpha value is -2.38. The molecule has 2 heterocycles. The van der Waals surface area contributed by atoms with Crippen LogP contribution in [0.2, 0.25) is 0 Å². The topological polar surface area (TPSA) is 59.3 Å². The summed E-state index contributed by atoms with van der Waals surface area (Å²) in [5.41, 5.74) is 3.02. The van der Waals surface area contributed by atoms with E-state index in [2.05, 4.69) is 48.4 Å². The molecule has 5 nitrogen and oxygen atoms in total. The van der Waals surface area contributed by atoms with Crippen LogP contribution in [-0.4, -0.2) is 26.3 Å². The summed E-state index contributed by atoms with van der Waals surface area (Å²) < 4.78 is 3.17. The van der Waals surface area contributed by atoms with Gasteiger partial charge in [0.25, 0.3) is 0 Å². The van der Waals surface area contributed by atoms with Gasteiger partial charge in [-0.15, -0.1) is 10.2 Å². The van der Waals surface area contributed by atoms with Crippen molar-refractivity contribution in [1.82, 2.24) is 14.6 Å². The Morgan fingerprint density at radius 2 is 1.85 bits per heavy atom. The number of hydrogen-bond acceptors (Lipinski definition) is 5. The highest BCUT2D eigenvalue weighted by atomic mass is 32.2. The minimum absolute atomic E-state index is 0.0359. The van der Waals surface area contributed by atoms with Crippen molar-refractivity contribution in [2.75, 3.05) is 11.1 Å². The minimum atomic E-state index is -0.0482. The summed E-state index contributed by atoms with van der Waals surface area (Å²) in [4.78, 5) is 13.4. The summed E-state index contributed by atoms with van der Waals surface area (Å²) in [7, 11) is 0. The summed E-state index contributed by atoms with van der Waals surface area (Å²) >= 11 is 3.00.